The van der Waals surface area contributed by atoms with Crippen LogP contribution in [-0.4, -0.2) is 25.0 Å². The topological polar surface area (TPSA) is 63.7 Å². The Kier molecular flexibility index (Phi) is 6.77. The number of hydrogen-bond donors (Lipinski definition) is 0. The van der Waals surface area contributed by atoms with E-state index in [1.807, 2.05) is 55.5 Å². The zero-order valence-corrected chi connectivity index (χ0v) is 23.1. The molecule has 0 spiro atoms. The fourth-order valence-electron chi connectivity index (χ4n) is 5.55. The fourth-order valence-corrected chi connectivity index (χ4v) is 6.92. The average Bonchev–Trinajstić information content (AvgIpc) is 2.97. The lowest BCUT2D eigenvalue weighted by Crippen LogP contribution is -2.44. The van der Waals surface area contributed by atoms with E-state index < -0.39 is 34.0 Å². The summed E-state index contributed by atoms with van der Waals surface area (Å²) < 4.78 is 73.8. The van der Waals surface area contributed by atoms with E-state index in [9.17, 15) is 26.4 Å². The van der Waals surface area contributed by atoms with Crippen LogP contribution in [0, 0.1) is 6.92 Å². The molecule has 0 saturated heterocycles. The molecule has 212 valence electrons. The number of alkyl halides is 3. The highest BCUT2D eigenvalue weighted by Crippen LogP contribution is 2.47. The Bertz CT molecular complexity index is 1920. The number of ether oxygens (including phenoxy) is 1. The summed E-state index contributed by atoms with van der Waals surface area (Å²) in [5.74, 6) is -2.84. The number of halogens is 3. The van der Waals surface area contributed by atoms with E-state index >= 15 is 0 Å². The number of carbonyl (C=O) groups is 1. The molecule has 0 saturated carbocycles. The second kappa shape index (κ2) is 10.3. The Hall–Kier alpha value is -4.63. The second-order valence-electron chi connectivity index (χ2n) is 10.1. The van der Waals surface area contributed by atoms with Gasteiger partial charge in [-0.1, -0.05) is 90.5 Å². The number of amides is 1. The van der Waals surface area contributed by atoms with Crippen molar-refractivity contribution in [1.29, 1.82) is 0 Å². The van der Waals surface area contributed by atoms with E-state index in [4.69, 9.17) is 0 Å². The van der Waals surface area contributed by atoms with Gasteiger partial charge in [0.05, 0.1) is 17.4 Å². The molecule has 5 nitrogen and oxygen atoms in total. The molecule has 1 heterocycles. The van der Waals surface area contributed by atoms with Gasteiger partial charge in [0.2, 0.25) is 5.91 Å². The molecule has 0 N–H and O–H groups in total. The molecule has 9 heteroatoms. The normalized spacial score (nSPS) is 15.5. The number of sulfonamides is 1. The van der Waals surface area contributed by atoms with Crippen molar-refractivity contribution in [3.05, 3.63) is 131 Å². The third-order valence-electron chi connectivity index (χ3n) is 7.43. The summed E-state index contributed by atoms with van der Waals surface area (Å²) in [5, 5.41) is 1.40. The van der Waals surface area contributed by atoms with E-state index in [1.54, 1.807) is 24.3 Å². The van der Waals surface area contributed by atoms with Gasteiger partial charge in [0.25, 0.3) is 10.0 Å². The number of rotatable bonds is 5. The maximum absolute atomic E-state index is 14.4. The summed E-state index contributed by atoms with van der Waals surface area (Å²) in [6, 6.07) is 29.9. The van der Waals surface area contributed by atoms with Crippen molar-refractivity contribution in [2.75, 3.05) is 0 Å². The summed E-state index contributed by atoms with van der Waals surface area (Å²) >= 11 is 0. The van der Waals surface area contributed by atoms with Gasteiger partial charge >= 0.3 is 6.36 Å². The molecule has 0 fully saturated rings. The van der Waals surface area contributed by atoms with Gasteiger partial charge < -0.3 is 4.74 Å². The zero-order valence-electron chi connectivity index (χ0n) is 22.3. The van der Waals surface area contributed by atoms with Gasteiger partial charge in [-0.2, -0.15) is 0 Å². The van der Waals surface area contributed by atoms with Crippen molar-refractivity contribution in [2.24, 2.45) is 0 Å². The van der Waals surface area contributed by atoms with Crippen LogP contribution in [0.2, 0.25) is 0 Å². The molecule has 42 heavy (non-hydrogen) atoms. The van der Waals surface area contributed by atoms with Crippen LogP contribution in [0.4, 0.5) is 13.2 Å². The smallest absolute Gasteiger partial charge is 0.405 e. The predicted octanol–water partition coefficient (Wildman–Crippen LogP) is 7.58. The van der Waals surface area contributed by atoms with Crippen LogP contribution in [0.15, 0.2) is 114 Å². The van der Waals surface area contributed by atoms with Gasteiger partial charge in [-0.05, 0) is 64.2 Å². The SMILES string of the molecule is Cc1ccc(S(=O)(=O)N2Cc3c(-c4ccccc4)cc4ccccc4c3[C@H](c3ccccc3OC(F)(F)F)C2=O)cc1. The molecular weight excluding hydrogens is 563 g/mol. The molecule has 5 aromatic rings. The molecule has 1 aliphatic rings. The maximum atomic E-state index is 14.4. The van der Waals surface area contributed by atoms with Crippen LogP contribution in [0.3, 0.4) is 0 Å². The molecular formula is C33H24F3NO4S. The number of para-hydroxylation sites is 1. The monoisotopic (exact) mass is 587 g/mol. The Morgan fingerprint density at radius 2 is 1.48 bits per heavy atom. The minimum absolute atomic E-state index is 0.0831. The van der Waals surface area contributed by atoms with E-state index in [0.717, 1.165) is 26.9 Å². The van der Waals surface area contributed by atoms with Gasteiger partial charge in [0.1, 0.15) is 5.75 Å². The van der Waals surface area contributed by atoms with Crippen LogP contribution in [0.25, 0.3) is 21.9 Å². The van der Waals surface area contributed by atoms with Gasteiger partial charge in [-0.25, -0.2) is 12.7 Å². The molecule has 5 aromatic carbocycles. The first kappa shape index (κ1) is 27.5. The summed E-state index contributed by atoms with van der Waals surface area (Å²) in [6.45, 7) is 1.52. The number of hydrogen-bond acceptors (Lipinski definition) is 4. The summed E-state index contributed by atoms with van der Waals surface area (Å²) in [5.41, 5.74) is 3.19. The molecule has 6 rings (SSSR count). The van der Waals surface area contributed by atoms with Gasteiger partial charge in [-0.15, -0.1) is 13.2 Å². The minimum Gasteiger partial charge on any atom is -0.405 e. The third-order valence-corrected chi connectivity index (χ3v) is 9.19. The van der Waals surface area contributed by atoms with Crippen molar-refractivity contribution in [2.45, 2.75) is 30.6 Å². The van der Waals surface area contributed by atoms with Crippen molar-refractivity contribution < 1.29 is 31.1 Å². The predicted molar refractivity (Wildman–Crippen MR) is 153 cm³/mol. The Balaban J connectivity index is 1.68. The molecule has 0 bridgehead atoms. The standard InChI is InChI=1S/C33H24F3NO4S/c1-21-15-17-24(18-16-21)42(39,40)37-20-28-27(22-9-3-2-4-10-22)19-23-11-5-6-12-25(23)30(28)31(32(37)38)26-13-7-8-14-29(26)41-33(34,35)36/h2-19,31H,20H2,1H3/t31-/m0/s1. The lowest BCUT2D eigenvalue weighted by atomic mass is 9.78. The first-order valence-electron chi connectivity index (χ1n) is 13.1. The highest BCUT2D eigenvalue weighted by atomic mass is 32.2. The number of fused-ring (bicyclic) bond motifs is 3. The highest BCUT2D eigenvalue weighted by Gasteiger charge is 2.44. The van der Waals surface area contributed by atoms with Gasteiger partial charge in [-0.3, -0.25) is 4.79 Å². The van der Waals surface area contributed by atoms with Crippen LogP contribution >= 0.6 is 0 Å². The van der Waals surface area contributed by atoms with Crippen molar-refractivity contribution >= 4 is 26.7 Å². The Morgan fingerprint density at radius 1 is 0.833 bits per heavy atom. The Morgan fingerprint density at radius 3 is 2.19 bits per heavy atom. The average molecular weight is 588 g/mol. The second-order valence-corrected chi connectivity index (χ2v) is 11.9. The van der Waals surface area contributed by atoms with E-state index in [0.29, 0.717) is 22.1 Å². The molecule has 1 atom stereocenters. The largest absolute Gasteiger partial charge is 0.573 e. The van der Waals surface area contributed by atoms with Crippen molar-refractivity contribution in [1.82, 2.24) is 4.31 Å². The van der Waals surface area contributed by atoms with Gasteiger partial charge in [0, 0.05) is 5.56 Å². The van der Waals surface area contributed by atoms with Crippen LogP contribution in [-0.2, 0) is 21.4 Å². The number of aryl methyl sites for hydroxylation is 1. The first-order valence-corrected chi connectivity index (χ1v) is 14.6. The van der Waals surface area contributed by atoms with Crippen LogP contribution in [0.1, 0.15) is 28.2 Å². The van der Waals surface area contributed by atoms with E-state index in [1.165, 1.54) is 30.3 Å². The van der Waals surface area contributed by atoms with E-state index in [2.05, 4.69) is 4.74 Å². The lowest BCUT2D eigenvalue weighted by molar-refractivity contribution is -0.275. The third kappa shape index (κ3) is 4.90. The Labute approximate surface area is 240 Å². The summed E-state index contributed by atoms with van der Waals surface area (Å²) in [7, 11) is -4.39. The lowest BCUT2D eigenvalue weighted by Gasteiger charge is -2.36. The highest BCUT2D eigenvalue weighted by molar-refractivity contribution is 7.89. The molecule has 0 aliphatic carbocycles. The maximum Gasteiger partial charge on any atom is 0.573 e. The van der Waals surface area contributed by atoms with Gasteiger partial charge in [0.15, 0.2) is 0 Å². The van der Waals surface area contributed by atoms with Crippen molar-refractivity contribution in [3.63, 3.8) is 0 Å². The molecule has 1 aliphatic heterocycles. The quantitative estimate of drug-likeness (QED) is 0.213. The number of benzene rings is 5. The molecule has 0 aromatic heterocycles. The molecule has 0 radical (unpaired) electrons. The van der Waals surface area contributed by atoms with Crippen molar-refractivity contribution in [3.8, 4) is 16.9 Å². The summed E-state index contributed by atoms with van der Waals surface area (Å²) in [6.07, 6.45) is -5.03. The zero-order chi connectivity index (χ0) is 29.6. The molecule has 1 amide bonds. The molecule has 0 unspecified atom stereocenters. The number of nitrogens with zero attached hydrogens (tertiary/aromatic N) is 1. The van der Waals surface area contributed by atoms with Crippen LogP contribution < -0.4 is 4.74 Å². The first-order chi connectivity index (χ1) is 20.0. The summed E-state index contributed by atoms with van der Waals surface area (Å²) in [4.78, 5) is 14.3. The fraction of sp³-hybridized carbons (Fsp3) is 0.121. The number of carbonyl (C=O) groups excluding carboxylic acids is 1. The van der Waals surface area contributed by atoms with E-state index in [-0.39, 0.29) is 17.0 Å². The van der Waals surface area contributed by atoms with Crippen LogP contribution in [0.5, 0.6) is 5.75 Å². The minimum atomic E-state index is -5.03.